The lowest BCUT2D eigenvalue weighted by Gasteiger charge is -2.00. The minimum absolute atomic E-state index is 0.104. The van der Waals surface area contributed by atoms with E-state index in [2.05, 4.69) is 6.92 Å². The number of aromatic carboxylic acids is 1. The van der Waals surface area contributed by atoms with Gasteiger partial charge in [-0.05, 0) is 24.6 Å². The van der Waals surface area contributed by atoms with Gasteiger partial charge in [0.1, 0.15) is 5.75 Å². The van der Waals surface area contributed by atoms with E-state index in [4.69, 9.17) is 5.11 Å². The third-order valence-electron chi connectivity index (χ3n) is 2.03. The molecular formula is C12H14O3. The number of hydrogen-bond acceptors (Lipinski definition) is 2. The van der Waals surface area contributed by atoms with Crippen molar-refractivity contribution in [3.8, 4) is 5.75 Å². The molecule has 0 amide bonds. The average molecular weight is 206 g/mol. The first-order chi connectivity index (χ1) is 7.15. The number of rotatable bonds is 4. The second-order valence-corrected chi connectivity index (χ2v) is 3.27. The molecule has 0 fully saturated rings. The highest BCUT2D eigenvalue weighted by atomic mass is 16.4. The fourth-order valence-electron chi connectivity index (χ4n) is 1.20. The first-order valence-corrected chi connectivity index (χ1v) is 4.88. The van der Waals surface area contributed by atoms with Gasteiger partial charge in [-0.2, -0.15) is 0 Å². The van der Waals surface area contributed by atoms with Gasteiger partial charge in [-0.1, -0.05) is 25.5 Å². The molecule has 1 aromatic carbocycles. The Balaban J connectivity index is 2.95. The van der Waals surface area contributed by atoms with Crippen molar-refractivity contribution in [1.82, 2.24) is 0 Å². The van der Waals surface area contributed by atoms with Crippen molar-refractivity contribution in [3.05, 3.63) is 35.4 Å². The van der Waals surface area contributed by atoms with E-state index in [1.165, 1.54) is 18.2 Å². The first kappa shape index (κ1) is 11.3. The van der Waals surface area contributed by atoms with E-state index in [-0.39, 0.29) is 11.3 Å². The summed E-state index contributed by atoms with van der Waals surface area (Å²) in [6, 6.07) is 4.24. The number of aromatic hydroxyl groups is 1. The third kappa shape index (κ3) is 3.13. The summed E-state index contributed by atoms with van der Waals surface area (Å²) in [5.74, 6) is -0.882. The lowest BCUT2D eigenvalue weighted by atomic mass is 10.1. The highest BCUT2D eigenvalue weighted by molar-refractivity contribution is 5.88. The van der Waals surface area contributed by atoms with Crippen LogP contribution >= 0.6 is 0 Å². The van der Waals surface area contributed by atoms with Gasteiger partial charge >= 0.3 is 5.97 Å². The molecular weight excluding hydrogens is 192 g/mol. The van der Waals surface area contributed by atoms with Gasteiger partial charge in [0.05, 0.1) is 5.56 Å². The molecule has 1 rings (SSSR count). The lowest BCUT2D eigenvalue weighted by Crippen LogP contribution is -1.95. The van der Waals surface area contributed by atoms with E-state index in [1.807, 2.05) is 6.08 Å². The smallest absolute Gasteiger partial charge is 0.335 e. The zero-order chi connectivity index (χ0) is 11.3. The molecule has 3 nitrogen and oxygen atoms in total. The number of unbranched alkanes of at least 4 members (excludes halogenated alkanes) is 1. The summed E-state index contributed by atoms with van der Waals surface area (Å²) < 4.78 is 0. The first-order valence-electron chi connectivity index (χ1n) is 4.88. The van der Waals surface area contributed by atoms with Crippen LogP contribution in [0.5, 0.6) is 5.75 Å². The van der Waals surface area contributed by atoms with Crippen molar-refractivity contribution in [2.45, 2.75) is 19.8 Å². The van der Waals surface area contributed by atoms with E-state index in [1.54, 1.807) is 6.08 Å². The number of benzene rings is 1. The van der Waals surface area contributed by atoms with Crippen LogP contribution < -0.4 is 0 Å². The molecule has 0 aliphatic heterocycles. The molecule has 0 atom stereocenters. The summed E-state index contributed by atoms with van der Waals surface area (Å²) in [5.41, 5.74) is 0.729. The molecule has 0 aliphatic carbocycles. The Morgan fingerprint density at radius 3 is 2.80 bits per heavy atom. The highest BCUT2D eigenvalue weighted by Gasteiger charge is 2.05. The lowest BCUT2D eigenvalue weighted by molar-refractivity contribution is 0.0697. The Hall–Kier alpha value is -1.77. The SMILES string of the molecule is CCC/C=C/c1cc(C(=O)O)ccc1O. The number of allylic oxidation sites excluding steroid dienone is 1. The van der Waals surface area contributed by atoms with Crippen LogP contribution in [0.4, 0.5) is 0 Å². The zero-order valence-electron chi connectivity index (χ0n) is 8.60. The number of phenols is 1. The van der Waals surface area contributed by atoms with E-state index < -0.39 is 5.97 Å². The zero-order valence-corrected chi connectivity index (χ0v) is 8.60. The largest absolute Gasteiger partial charge is 0.507 e. The van der Waals surface area contributed by atoms with Crippen LogP contribution in [0.2, 0.25) is 0 Å². The van der Waals surface area contributed by atoms with Crippen molar-refractivity contribution in [3.63, 3.8) is 0 Å². The topological polar surface area (TPSA) is 57.5 Å². The molecule has 80 valence electrons. The van der Waals surface area contributed by atoms with Crippen molar-refractivity contribution >= 4 is 12.0 Å². The van der Waals surface area contributed by atoms with Gasteiger partial charge in [0.2, 0.25) is 0 Å². The number of carboxylic acid groups (broad SMARTS) is 1. The van der Waals surface area contributed by atoms with Crippen LogP contribution in [0.3, 0.4) is 0 Å². The minimum Gasteiger partial charge on any atom is -0.507 e. The van der Waals surface area contributed by atoms with E-state index in [0.29, 0.717) is 5.56 Å². The standard InChI is InChI=1S/C12H14O3/c1-2-3-4-5-9-8-10(12(14)15)6-7-11(9)13/h4-8,13H,2-3H2,1H3,(H,14,15)/b5-4+. The Labute approximate surface area is 88.7 Å². The maximum Gasteiger partial charge on any atom is 0.335 e. The van der Waals surface area contributed by atoms with Crippen molar-refractivity contribution in [2.75, 3.05) is 0 Å². The maximum atomic E-state index is 10.7. The van der Waals surface area contributed by atoms with Gasteiger partial charge in [-0.3, -0.25) is 0 Å². The van der Waals surface area contributed by atoms with Crippen molar-refractivity contribution < 1.29 is 15.0 Å². The molecule has 2 N–H and O–H groups in total. The molecule has 3 heteroatoms. The number of hydrogen-bond donors (Lipinski definition) is 2. The summed E-state index contributed by atoms with van der Waals surface area (Å²) >= 11 is 0. The van der Waals surface area contributed by atoms with Gasteiger partial charge in [0, 0.05) is 5.56 Å². The Kier molecular flexibility index (Phi) is 3.92. The molecule has 0 saturated carbocycles. The summed E-state index contributed by atoms with van der Waals surface area (Å²) in [5, 5.41) is 18.2. The second-order valence-electron chi connectivity index (χ2n) is 3.27. The number of phenolic OH excluding ortho intramolecular Hbond substituents is 1. The van der Waals surface area contributed by atoms with Gasteiger partial charge in [0.15, 0.2) is 0 Å². The molecule has 15 heavy (non-hydrogen) atoms. The van der Waals surface area contributed by atoms with Crippen molar-refractivity contribution in [2.24, 2.45) is 0 Å². The predicted octanol–water partition coefficient (Wildman–Crippen LogP) is 2.90. The minimum atomic E-state index is -0.986. The summed E-state index contributed by atoms with van der Waals surface area (Å²) in [6.07, 6.45) is 5.60. The molecule has 0 aromatic heterocycles. The van der Waals surface area contributed by atoms with Crippen molar-refractivity contribution in [1.29, 1.82) is 0 Å². The van der Waals surface area contributed by atoms with Crippen LogP contribution in [0.1, 0.15) is 35.7 Å². The third-order valence-corrected chi connectivity index (χ3v) is 2.03. The van der Waals surface area contributed by atoms with E-state index in [9.17, 15) is 9.90 Å². The Morgan fingerprint density at radius 2 is 2.20 bits per heavy atom. The quantitative estimate of drug-likeness (QED) is 0.796. The fourth-order valence-corrected chi connectivity index (χ4v) is 1.20. The molecule has 0 saturated heterocycles. The van der Waals surface area contributed by atoms with Crippen LogP contribution in [-0.4, -0.2) is 16.2 Å². The average Bonchev–Trinajstić information content (AvgIpc) is 2.20. The summed E-state index contributed by atoms with van der Waals surface area (Å²) in [6.45, 7) is 2.05. The highest BCUT2D eigenvalue weighted by Crippen LogP contribution is 2.20. The fraction of sp³-hybridized carbons (Fsp3) is 0.250. The molecule has 0 aliphatic rings. The van der Waals surface area contributed by atoms with Gasteiger partial charge in [-0.25, -0.2) is 4.79 Å². The van der Waals surface area contributed by atoms with Crippen LogP contribution in [0.15, 0.2) is 24.3 Å². The molecule has 0 spiro atoms. The molecule has 0 heterocycles. The number of carboxylic acids is 1. The van der Waals surface area contributed by atoms with Crippen LogP contribution in [0.25, 0.3) is 6.08 Å². The van der Waals surface area contributed by atoms with Crippen LogP contribution in [0, 0.1) is 0 Å². The van der Waals surface area contributed by atoms with Crippen LogP contribution in [-0.2, 0) is 0 Å². The summed E-state index contributed by atoms with van der Waals surface area (Å²) in [7, 11) is 0. The monoisotopic (exact) mass is 206 g/mol. The van der Waals surface area contributed by atoms with E-state index in [0.717, 1.165) is 12.8 Å². The second kappa shape index (κ2) is 5.20. The molecule has 1 aromatic rings. The number of carbonyl (C=O) groups is 1. The molecule has 0 radical (unpaired) electrons. The van der Waals surface area contributed by atoms with Gasteiger partial charge < -0.3 is 10.2 Å². The van der Waals surface area contributed by atoms with Gasteiger partial charge in [-0.15, -0.1) is 0 Å². The molecule has 0 bridgehead atoms. The summed E-state index contributed by atoms with van der Waals surface area (Å²) in [4.78, 5) is 10.7. The maximum absolute atomic E-state index is 10.7. The van der Waals surface area contributed by atoms with Gasteiger partial charge in [0.25, 0.3) is 0 Å². The Morgan fingerprint density at radius 1 is 1.47 bits per heavy atom. The predicted molar refractivity (Wildman–Crippen MR) is 59.0 cm³/mol. The van der Waals surface area contributed by atoms with E-state index >= 15 is 0 Å². The Bertz CT molecular complexity index is 380. The normalized spacial score (nSPS) is 10.7. The molecule has 0 unspecified atom stereocenters.